The minimum Gasteiger partial charge on any atom is -1.00 e. The van der Waals surface area contributed by atoms with E-state index in [1.807, 2.05) is 6.92 Å². The minimum absolute atomic E-state index is 0. The van der Waals surface area contributed by atoms with E-state index in [0.29, 0.717) is 0 Å². The number of unbranched alkanes of at least 4 members (excludes halogenated alkanes) is 15. The summed E-state index contributed by atoms with van der Waals surface area (Å²) in [5, 5.41) is -0.438. The molecule has 0 spiro atoms. The average molecular weight is 496 g/mol. The van der Waals surface area contributed by atoms with Crippen molar-refractivity contribution < 1.29 is 31.1 Å². The van der Waals surface area contributed by atoms with E-state index in [0.717, 1.165) is 21.3 Å². The molecule has 0 saturated carbocycles. The van der Waals surface area contributed by atoms with Gasteiger partial charge in [-0.05, 0) is 19.8 Å². The number of halogens is 1. The first-order valence-electron chi connectivity index (χ1n) is 13.2. The van der Waals surface area contributed by atoms with E-state index in [4.69, 9.17) is 14.2 Å². The fraction of sp³-hybridized carbons (Fsp3) is 1.00. The maximum absolute atomic E-state index is 6.01. The van der Waals surface area contributed by atoms with E-state index in [2.05, 4.69) is 21.0 Å². The Balaban J connectivity index is 0. The monoisotopic (exact) mass is 495 g/mol. The lowest BCUT2D eigenvalue weighted by atomic mass is 10.0. The number of hydrogen-bond acceptors (Lipinski definition) is 3. The number of rotatable bonds is 22. The molecule has 0 aliphatic carbocycles. The summed E-state index contributed by atoms with van der Waals surface area (Å²) >= 11 is 0. The van der Waals surface area contributed by atoms with Gasteiger partial charge in [-0.15, -0.1) is 0 Å². The van der Waals surface area contributed by atoms with Crippen molar-refractivity contribution in [2.45, 2.75) is 128 Å². The summed E-state index contributed by atoms with van der Waals surface area (Å²) in [5.41, 5.74) is 0. The van der Waals surface area contributed by atoms with Crippen molar-refractivity contribution in [1.29, 1.82) is 0 Å². The molecule has 0 aliphatic heterocycles. The quantitative estimate of drug-likeness (QED) is 0.0999. The first-order chi connectivity index (χ1) is 14.7. The lowest BCUT2D eigenvalue weighted by molar-refractivity contribution is -0.963. The van der Waals surface area contributed by atoms with Crippen LogP contribution in [0.5, 0.6) is 0 Å². The molecular weight excluding hydrogens is 438 g/mol. The molecule has 0 heterocycles. The predicted octanol–water partition coefficient (Wildman–Crippen LogP) is 3.00. The molecule has 196 valence electrons. The molecule has 6 heteroatoms. The van der Waals surface area contributed by atoms with Gasteiger partial charge in [0.15, 0.2) is 0 Å². The summed E-state index contributed by atoms with van der Waals surface area (Å²) in [6.45, 7) is 5.37. The maximum Gasteiger partial charge on any atom is 0.242 e. The van der Waals surface area contributed by atoms with Gasteiger partial charge in [0, 0.05) is 21.3 Å². The summed E-state index contributed by atoms with van der Waals surface area (Å²) in [4.78, 5) is 0. The highest BCUT2D eigenvalue weighted by atomic mass is 35.5. The van der Waals surface area contributed by atoms with Crippen LogP contribution in [-0.2, 0) is 14.2 Å². The Labute approximate surface area is 210 Å². The van der Waals surface area contributed by atoms with E-state index in [-0.39, 0.29) is 12.4 Å². The number of quaternary nitrogens is 1. The van der Waals surface area contributed by atoms with Gasteiger partial charge in [0.05, 0.1) is 20.6 Å². The molecule has 0 bridgehead atoms. The SMILES string of the molecule is CCCCCCCCCCCCCCCCCC[N+](C)(C)C([SiH3])(OC)C(C)(OC)OC.[Cl-]. The highest BCUT2D eigenvalue weighted by Gasteiger charge is 2.57. The highest BCUT2D eigenvalue weighted by Crippen LogP contribution is 2.34. The van der Waals surface area contributed by atoms with Gasteiger partial charge in [0.25, 0.3) is 0 Å². The van der Waals surface area contributed by atoms with Crippen LogP contribution in [0.1, 0.15) is 117 Å². The Morgan fingerprint density at radius 2 is 0.906 bits per heavy atom. The van der Waals surface area contributed by atoms with E-state index < -0.39 is 11.1 Å². The third kappa shape index (κ3) is 12.2. The van der Waals surface area contributed by atoms with Crippen molar-refractivity contribution in [1.82, 2.24) is 0 Å². The predicted molar refractivity (Wildman–Crippen MR) is 139 cm³/mol. The van der Waals surface area contributed by atoms with Crippen LogP contribution in [0, 0.1) is 0 Å². The molecule has 4 nitrogen and oxygen atoms in total. The summed E-state index contributed by atoms with van der Waals surface area (Å²) in [6, 6.07) is 0. The van der Waals surface area contributed by atoms with Crippen LogP contribution in [0.2, 0.25) is 0 Å². The van der Waals surface area contributed by atoms with Gasteiger partial charge in [-0.1, -0.05) is 96.8 Å². The molecule has 1 unspecified atom stereocenters. The first kappa shape index (κ1) is 34.5. The molecule has 0 aromatic heterocycles. The standard InChI is InChI=1S/C26H58NO3Si.ClH/c1-8-9-10-11-12-13-14-15-16-17-18-19-20-21-22-23-24-27(3,4)26(31,30-7)25(2,28-5)29-6;/h8-24H2,1-7,31H3;1H/q+1;/p-1. The number of ether oxygens (including phenoxy) is 3. The van der Waals surface area contributed by atoms with Crippen LogP contribution >= 0.6 is 0 Å². The second-order valence-corrected chi connectivity index (χ2v) is 11.6. The Morgan fingerprint density at radius 3 is 1.19 bits per heavy atom. The first-order valence-corrected chi connectivity index (χ1v) is 14.2. The summed E-state index contributed by atoms with van der Waals surface area (Å²) in [6.07, 6.45) is 22.5. The molecule has 0 fully saturated rings. The summed E-state index contributed by atoms with van der Waals surface area (Å²) in [5.74, 6) is -0.730. The zero-order chi connectivity index (χ0) is 23.6. The Bertz CT molecular complexity index is 422. The second kappa shape index (κ2) is 19.6. The second-order valence-electron chi connectivity index (χ2n) is 10.3. The Hall–Kier alpha value is 0.347. The van der Waals surface area contributed by atoms with Crippen LogP contribution in [0.4, 0.5) is 0 Å². The molecule has 0 N–H and O–H groups in total. The molecule has 0 radical (unpaired) electrons. The smallest absolute Gasteiger partial charge is 0.242 e. The zero-order valence-electron chi connectivity index (χ0n) is 23.1. The third-order valence-corrected chi connectivity index (χ3v) is 10.3. The van der Waals surface area contributed by atoms with Crippen LogP contribution in [0.25, 0.3) is 0 Å². The van der Waals surface area contributed by atoms with Crippen molar-refractivity contribution in [3.05, 3.63) is 0 Å². The van der Waals surface area contributed by atoms with E-state index in [9.17, 15) is 0 Å². The molecule has 0 amide bonds. The van der Waals surface area contributed by atoms with Gasteiger partial charge in [0.1, 0.15) is 10.2 Å². The van der Waals surface area contributed by atoms with Crippen molar-refractivity contribution in [2.75, 3.05) is 42.0 Å². The summed E-state index contributed by atoms with van der Waals surface area (Å²) in [7, 11) is 10.5. The number of hydrogen-bond donors (Lipinski definition) is 0. The topological polar surface area (TPSA) is 27.7 Å². The van der Waals surface area contributed by atoms with Gasteiger partial charge < -0.3 is 31.1 Å². The molecule has 0 aromatic rings. The van der Waals surface area contributed by atoms with Gasteiger partial charge in [-0.2, -0.15) is 0 Å². The minimum atomic E-state index is -0.730. The normalized spacial score (nSPS) is 14.3. The van der Waals surface area contributed by atoms with Gasteiger partial charge >= 0.3 is 0 Å². The van der Waals surface area contributed by atoms with E-state index in [1.54, 1.807) is 21.3 Å². The average Bonchev–Trinajstić information content (AvgIpc) is 2.77. The van der Waals surface area contributed by atoms with E-state index >= 15 is 0 Å². The van der Waals surface area contributed by atoms with Gasteiger partial charge in [-0.25, -0.2) is 0 Å². The molecule has 32 heavy (non-hydrogen) atoms. The zero-order valence-corrected chi connectivity index (χ0v) is 25.8. The highest BCUT2D eigenvalue weighted by molar-refractivity contribution is 6.14. The fourth-order valence-corrected chi connectivity index (χ4v) is 5.34. The van der Waals surface area contributed by atoms with Crippen LogP contribution < -0.4 is 12.4 Å². The van der Waals surface area contributed by atoms with E-state index in [1.165, 1.54) is 103 Å². The largest absolute Gasteiger partial charge is 1.00 e. The molecule has 1 atom stereocenters. The van der Waals surface area contributed by atoms with Crippen molar-refractivity contribution in [3.63, 3.8) is 0 Å². The maximum atomic E-state index is 6.01. The van der Waals surface area contributed by atoms with Gasteiger partial charge in [-0.3, -0.25) is 0 Å². The third-order valence-electron chi connectivity index (χ3n) is 7.74. The van der Waals surface area contributed by atoms with Crippen LogP contribution in [-0.4, -0.2) is 67.8 Å². The Morgan fingerprint density at radius 1 is 0.594 bits per heavy atom. The molecule has 0 rings (SSSR count). The molecule has 0 aromatic carbocycles. The Kier molecular flexibility index (Phi) is 21.2. The summed E-state index contributed by atoms with van der Waals surface area (Å²) < 4.78 is 18.3. The van der Waals surface area contributed by atoms with Crippen LogP contribution in [0.15, 0.2) is 0 Å². The molecular formula is C26H58ClNO3Si. The molecule has 0 saturated heterocycles. The van der Waals surface area contributed by atoms with Gasteiger partial charge in [0.2, 0.25) is 11.1 Å². The van der Waals surface area contributed by atoms with Crippen molar-refractivity contribution in [3.8, 4) is 0 Å². The number of likely N-dealkylation sites (N-methyl/N-ethyl adjacent to an activating group) is 1. The van der Waals surface area contributed by atoms with Crippen LogP contribution in [0.3, 0.4) is 0 Å². The lowest BCUT2D eigenvalue weighted by Gasteiger charge is -2.52. The van der Waals surface area contributed by atoms with Crippen molar-refractivity contribution in [2.24, 2.45) is 0 Å². The lowest BCUT2D eigenvalue weighted by Crippen LogP contribution is -3.00. The number of methoxy groups -OCH3 is 3. The fourth-order valence-electron chi connectivity index (χ4n) is 4.71. The number of nitrogens with zero attached hydrogens (tertiary/aromatic N) is 1. The molecule has 0 aliphatic rings. The van der Waals surface area contributed by atoms with Crippen molar-refractivity contribution >= 4 is 10.2 Å².